The summed E-state index contributed by atoms with van der Waals surface area (Å²) >= 11 is 0. The van der Waals surface area contributed by atoms with Crippen LogP contribution in [0, 0.1) is 5.92 Å². The molecule has 0 saturated heterocycles. The second-order valence-electron chi connectivity index (χ2n) is 4.69. The van der Waals surface area contributed by atoms with E-state index in [1.165, 1.54) is 0 Å². The molecule has 0 fully saturated rings. The molecule has 0 aliphatic carbocycles. The van der Waals surface area contributed by atoms with Crippen LogP contribution in [0.15, 0.2) is 23.1 Å². The highest BCUT2D eigenvalue weighted by Crippen LogP contribution is 2.28. The van der Waals surface area contributed by atoms with Gasteiger partial charge in [-0.15, -0.1) is 0 Å². The normalized spacial score (nSPS) is 24.6. The highest BCUT2D eigenvalue weighted by molar-refractivity contribution is 7.85. The molecule has 2 rings (SSSR count). The van der Waals surface area contributed by atoms with E-state index in [4.69, 9.17) is 0 Å². The van der Waals surface area contributed by atoms with Gasteiger partial charge in [0.05, 0.1) is 10.8 Å². The average Bonchev–Trinajstić information content (AvgIpc) is 2.25. The monoisotopic (exact) mass is 236 g/mol. The molecule has 1 aliphatic heterocycles. The summed E-state index contributed by atoms with van der Waals surface area (Å²) in [5.74, 6) is 0.879. The molecule has 0 N–H and O–H groups in total. The Labute approximate surface area is 98.5 Å². The van der Waals surface area contributed by atoms with Crippen molar-refractivity contribution < 1.29 is 9.00 Å². The van der Waals surface area contributed by atoms with Crippen LogP contribution < -0.4 is 0 Å². The third-order valence-electron chi connectivity index (χ3n) is 3.03. The van der Waals surface area contributed by atoms with Crippen LogP contribution in [-0.2, 0) is 10.8 Å². The third-order valence-corrected chi connectivity index (χ3v) is 4.68. The molecule has 0 radical (unpaired) electrons. The molecule has 2 unspecified atom stereocenters. The summed E-state index contributed by atoms with van der Waals surface area (Å²) in [6, 6.07) is 5.74. The number of carbonyl (C=O) groups excluding carboxylic acids is 1. The Balaban J connectivity index is 2.56. The zero-order valence-corrected chi connectivity index (χ0v) is 10.6. The summed E-state index contributed by atoms with van der Waals surface area (Å²) in [7, 11) is -1.01. The Kier molecular flexibility index (Phi) is 2.98. The number of carbonyl (C=O) groups is 1. The van der Waals surface area contributed by atoms with Crippen molar-refractivity contribution in [2.24, 2.45) is 5.92 Å². The maximum Gasteiger partial charge on any atom is 0.167 e. The van der Waals surface area contributed by atoms with Gasteiger partial charge < -0.3 is 0 Å². The molecule has 16 heavy (non-hydrogen) atoms. The van der Waals surface area contributed by atoms with Crippen LogP contribution in [0.4, 0.5) is 0 Å². The highest BCUT2D eigenvalue weighted by Gasteiger charge is 2.28. The van der Waals surface area contributed by atoms with E-state index in [-0.39, 0.29) is 11.7 Å². The molecule has 1 heterocycles. The molecular formula is C13H16O2S. The molecule has 0 bridgehead atoms. The van der Waals surface area contributed by atoms with Crippen LogP contribution in [0.25, 0.3) is 0 Å². The number of Topliss-reactive ketones (excluding diaryl/α,β-unsaturated/α-hetero) is 1. The molecule has 3 heteroatoms. The summed E-state index contributed by atoms with van der Waals surface area (Å²) in [6.45, 7) is 6.04. The van der Waals surface area contributed by atoms with Crippen LogP contribution in [0.3, 0.4) is 0 Å². The number of ketones is 1. The van der Waals surface area contributed by atoms with Crippen molar-refractivity contribution in [1.29, 1.82) is 0 Å². The fraction of sp³-hybridized carbons (Fsp3) is 0.462. The van der Waals surface area contributed by atoms with Gasteiger partial charge >= 0.3 is 0 Å². The molecule has 86 valence electrons. The SMILES string of the molecule is CC1CS(=O)c2ccc(C(C)C)cc2C1=O. The van der Waals surface area contributed by atoms with E-state index < -0.39 is 10.8 Å². The molecule has 1 aliphatic rings. The van der Waals surface area contributed by atoms with E-state index in [0.29, 0.717) is 22.1 Å². The van der Waals surface area contributed by atoms with Gasteiger partial charge in [0, 0.05) is 22.1 Å². The standard InChI is InChI=1S/C13H16O2S/c1-8(2)10-4-5-12-11(6-10)13(14)9(3)7-16(12)15/h4-6,8-9H,7H2,1-3H3. The van der Waals surface area contributed by atoms with Crippen molar-refractivity contribution in [3.8, 4) is 0 Å². The van der Waals surface area contributed by atoms with Gasteiger partial charge in [-0.2, -0.15) is 0 Å². The largest absolute Gasteiger partial charge is 0.294 e. The van der Waals surface area contributed by atoms with Gasteiger partial charge in [0.2, 0.25) is 0 Å². The van der Waals surface area contributed by atoms with Crippen LogP contribution in [0.5, 0.6) is 0 Å². The van der Waals surface area contributed by atoms with E-state index >= 15 is 0 Å². The van der Waals surface area contributed by atoms with Crippen molar-refractivity contribution in [2.45, 2.75) is 31.6 Å². The van der Waals surface area contributed by atoms with Crippen molar-refractivity contribution in [2.75, 3.05) is 5.75 Å². The molecule has 2 atom stereocenters. The highest BCUT2D eigenvalue weighted by atomic mass is 32.2. The molecule has 0 spiro atoms. The van der Waals surface area contributed by atoms with Crippen molar-refractivity contribution in [3.63, 3.8) is 0 Å². The second kappa shape index (κ2) is 4.13. The van der Waals surface area contributed by atoms with Gasteiger partial charge in [-0.25, -0.2) is 0 Å². The lowest BCUT2D eigenvalue weighted by Gasteiger charge is -2.21. The Bertz CT molecular complexity index is 463. The summed E-state index contributed by atoms with van der Waals surface area (Å²) in [6.07, 6.45) is 0. The number of fused-ring (bicyclic) bond motifs is 1. The van der Waals surface area contributed by atoms with E-state index in [1.54, 1.807) is 0 Å². The first-order valence-corrected chi connectivity index (χ1v) is 6.89. The van der Waals surface area contributed by atoms with Gasteiger partial charge in [0.25, 0.3) is 0 Å². The number of hydrogen-bond acceptors (Lipinski definition) is 2. The van der Waals surface area contributed by atoms with E-state index in [2.05, 4.69) is 13.8 Å². The first-order valence-electron chi connectivity index (χ1n) is 5.57. The Morgan fingerprint density at radius 3 is 2.69 bits per heavy atom. The summed E-state index contributed by atoms with van der Waals surface area (Å²) in [5, 5.41) is 0. The van der Waals surface area contributed by atoms with Gasteiger partial charge in [-0.05, 0) is 23.6 Å². The van der Waals surface area contributed by atoms with E-state index in [1.807, 2.05) is 25.1 Å². The van der Waals surface area contributed by atoms with E-state index in [0.717, 1.165) is 5.56 Å². The lowest BCUT2D eigenvalue weighted by Crippen LogP contribution is -2.26. The van der Waals surface area contributed by atoms with Crippen molar-refractivity contribution in [1.82, 2.24) is 0 Å². The van der Waals surface area contributed by atoms with E-state index in [9.17, 15) is 9.00 Å². The van der Waals surface area contributed by atoms with Gasteiger partial charge in [-0.3, -0.25) is 9.00 Å². The number of hydrogen-bond donors (Lipinski definition) is 0. The van der Waals surface area contributed by atoms with Crippen LogP contribution in [0.1, 0.15) is 42.6 Å². The van der Waals surface area contributed by atoms with Crippen molar-refractivity contribution in [3.05, 3.63) is 29.3 Å². The zero-order chi connectivity index (χ0) is 11.9. The zero-order valence-electron chi connectivity index (χ0n) is 9.82. The van der Waals surface area contributed by atoms with Crippen LogP contribution in [0.2, 0.25) is 0 Å². The Morgan fingerprint density at radius 1 is 1.38 bits per heavy atom. The fourth-order valence-corrected chi connectivity index (χ4v) is 3.37. The third kappa shape index (κ3) is 1.84. The van der Waals surface area contributed by atoms with Gasteiger partial charge in [0.1, 0.15) is 0 Å². The summed E-state index contributed by atoms with van der Waals surface area (Å²) in [5.41, 5.74) is 1.81. The Morgan fingerprint density at radius 2 is 2.06 bits per heavy atom. The molecule has 0 amide bonds. The molecule has 1 aromatic carbocycles. The van der Waals surface area contributed by atoms with Crippen LogP contribution >= 0.6 is 0 Å². The van der Waals surface area contributed by atoms with Gasteiger partial charge in [0.15, 0.2) is 5.78 Å². The molecule has 2 nitrogen and oxygen atoms in total. The van der Waals surface area contributed by atoms with Crippen molar-refractivity contribution >= 4 is 16.6 Å². The van der Waals surface area contributed by atoms with Gasteiger partial charge in [-0.1, -0.05) is 26.8 Å². The Hall–Kier alpha value is -0.960. The minimum absolute atomic E-state index is 0.115. The molecule has 0 aromatic heterocycles. The predicted molar refractivity (Wildman–Crippen MR) is 65.3 cm³/mol. The topological polar surface area (TPSA) is 34.1 Å². The maximum atomic E-state index is 12.0. The first kappa shape index (κ1) is 11.5. The summed E-state index contributed by atoms with van der Waals surface area (Å²) < 4.78 is 11.9. The second-order valence-corrected chi connectivity index (χ2v) is 6.15. The van der Waals surface area contributed by atoms with Crippen LogP contribution in [-0.4, -0.2) is 15.7 Å². The fourth-order valence-electron chi connectivity index (χ4n) is 1.96. The lowest BCUT2D eigenvalue weighted by atomic mass is 9.95. The number of benzene rings is 1. The predicted octanol–water partition coefficient (Wildman–Crippen LogP) is 2.75. The minimum Gasteiger partial charge on any atom is -0.294 e. The minimum atomic E-state index is -1.01. The molecule has 0 saturated carbocycles. The summed E-state index contributed by atoms with van der Waals surface area (Å²) in [4.78, 5) is 12.7. The molecular weight excluding hydrogens is 220 g/mol. The first-order chi connectivity index (χ1) is 7.50. The molecule has 1 aromatic rings. The maximum absolute atomic E-state index is 12.0. The smallest absolute Gasteiger partial charge is 0.167 e. The quantitative estimate of drug-likeness (QED) is 0.751. The average molecular weight is 236 g/mol. The number of rotatable bonds is 1. The lowest BCUT2D eigenvalue weighted by molar-refractivity contribution is 0.0935.